The highest BCUT2D eigenvalue weighted by molar-refractivity contribution is 6.31. The van der Waals surface area contributed by atoms with Crippen LogP contribution in [0.3, 0.4) is 0 Å². The molecule has 1 fully saturated rings. The molecule has 2 N–H and O–H groups in total. The number of nitrogens with zero attached hydrogens (tertiary/aromatic N) is 2. The minimum absolute atomic E-state index is 0.00964. The summed E-state index contributed by atoms with van der Waals surface area (Å²) in [6.07, 6.45) is 10.2. The van der Waals surface area contributed by atoms with Gasteiger partial charge in [-0.2, -0.15) is 5.10 Å². The van der Waals surface area contributed by atoms with Crippen LogP contribution in [0.4, 0.5) is 5.69 Å². The summed E-state index contributed by atoms with van der Waals surface area (Å²) >= 11 is 6.23. The van der Waals surface area contributed by atoms with E-state index < -0.39 is 0 Å². The van der Waals surface area contributed by atoms with Crippen molar-refractivity contribution in [3.63, 3.8) is 0 Å². The van der Waals surface area contributed by atoms with E-state index in [4.69, 9.17) is 11.6 Å². The van der Waals surface area contributed by atoms with E-state index in [1.165, 1.54) is 6.42 Å². The van der Waals surface area contributed by atoms with Crippen LogP contribution in [0.2, 0.25) is 5.02 Å². The SMILES string of the molecule is CCc1cc(Cl)c(C)cc1NCC(=O)NC1(c2cnn(C)c2)CCCCC1. The van der Waals surface area contributed by atoms with Crippen molar-refractivity contribution in [3.05, 3.63) is 46.2 Å². The normalized spacial score (nSPS) is 16.1. The molecule has 1 amide bonds. The van der Waals surface area contributed by atoms with E-state index in [9.17, 15) is 4.79 Å². The molecule has 0 saturated heterocycles. The van der Waals surface area contributed by atoms with Gasteiger partial charge in [-0.15, -0.1) is 0 Å². The van der Waals surface area contributed by atoms with E-state index in [2.05, 4.69) is 22.7 Å². The van der Waals surface area contributed by atoms with Crippen LogP contribution in [-0.2, 0) is 23.8 Å². The van der Waals surface area contributed by atoms with E-state index in [1.807, 2.05) is 38.5 Å². The summed E-state index contributed by atoms with van der Waals surface area (Å²) in [6, 6.07) is 4.00. The number of carbonyl (C=O) groups is 1. The molecule has 0 spiro atoms. The lowest BCUT2D eigenvalue weighted by atomic mass is 9.77. The monoisotopic (exact) mass is 388 g/mol. The first-order valence-electron chi connectivity index (χ1n) is 9.76. The molecule has 6 heteroatoms. The minimum Gasteiger partial charge on any atom is -0.376 e. The summed E-state index contributed by atoms with van der Waals surface area (Å²) in [7, 11) is 1.92. The molecule has 1 aromatic heterocycles. The molecule has 0 radical (unpaired) electrons. The summed E-state index contributed by atoms with van der Waals surface area (Å²) < 4.78 is 1.81. The van der Waals surface area contributed by atoms with E-state index in [-0.39, 0.29) is 18.0 Å². The maximum absolute atomic E-state index is 12.8. The molecular weight excluding hydrogens is 360 g/mol. The van der Waals surface area contributed by atoms with Crippen LogP contribution in [0.25, 0.3) is 0 Å². The van der Waals surface area contributed by atoms with Gasteiger partial charge in [-0.05, 0) is 49.4 Å². The second-order valence-corrected chi connectivity index (χ2v) is 7.97. The van der Waals surface area contributed by atoms with Gasteiger partial charge in [-0.3, -0.25) is 9.48 Å². The zero-order valence-corrected chi connectivity index (χ0v) is 17.2. The second kappa shape index (κ2) is 8.34. The largest absolute Gasteiger partial charge is 0.376 e. The first kappa shape index (κ1) is 19.7. The quantitative estimate of drug-likeness (QED) is 0.774. The number of aryl methyl sites for hydroxylation is 3. The Bertz CT molecular complexity index is 809. The lowest BCUT2D eigenvalue weighted by Gasteiger charge is -2.37. The lowest BCUT2D eigenvalue weighted by Crippen LogP contribution is -2.48. The highest BCUT2D eigenvalue weighted by Gasteiger charge is 2.36. The van der Waals surface area contributed by atoms with Crippen LogP contribution in [0.5, 0.6) is 0 Å². The fraction of sp³-hybridized carbons (Fsp3) is 0.524. The molecule has 1 aromatic carbocycles. The third-order valence-electron chi connectivity index (χ3n) is 5.55. The maximum Gasteiger partial charge on any atom is 0.239 e. The van der Waals surface area contributed by atoms with Crippen LogP contribution in [0, 0.1) is 6.92 Å². The number of aromatic nitrogens is 2. The molecular formula is C21H29ClN4O. The standard InChI is InChI=1S/C21H29ClN4O/c1-4-16-11-18(22)15(2)10-19(16)23-13-20(27)25-21(8-6-5-7-9-21)17-12-24-26(3)14-17/h10-12,14,23H,4-9,13H2,1-3H3,(H,25,27). The molecule has 5 nitrogen and oxygen atoms in total. The predicted molar refractivity (Wildman–Crippen MR) is 110 cm³/mol. The summed E-state index contributed by atoms with van der Waals surface area (Å²) in [6.45, 7) is 4.31. The van der Waals surface area contributed by atoms with Gasteiger partial charge in [0.1, 0.15) is 0 Å². The predicted octanol–water partition coefficient (Wildman–Crippen LogP) is 4.33. The van der Waals surface area contributed by atoms with Crippen LogP contribution in [0.15, 0.2) is 24.5 Å². The van der Waals surface area contributed by atoms with Gasteiger partial charge >= 0.3 is 0 Å². The Morgan fingerprint density at radius 1 is 1.30 bits per heavy atom. The fourth-order valence-corrected chi connectivity index (χ4v) is 4.16. The highest BCUT2D eigenvalue weighted by Crippen LogP contribution is 2.37. The van der Waals surface area contributed by atoms with Crippen molar-refractivity contribution >= 4 is 23.2 Å². The molecule has 146 valence electrons. The van der Waals surface area contributed by atoms with Crippen molar-refractivity contribution in [2.45, 2.75) is 57.9 Å². The van der Waals surface area contributed by atoms with Crippen molar-refractivity contribution in [2.75, 3.05) is 11.9 Å². The van der Waals surface area contributed by atoms with Gasteiger partial charge in [0.25, 0.3) is 0 Å². The molecule has 0 aliphatic heterocycles. The zero-order chi connectivity index (χ0) is 19.4. The van der Waals surface area contributed by atoms with E-state index in [0.29, 0.717) is 0 Å². The first-order chi connectivity index (χ1) is 12.9. The first-order valence-corrected chi connectivity index (χ1v) is 10.1. The van der Waals surface area contributed by atoms with Gasteiger partial charge in [0.15, 0.2) is 0 Å². The fourth-order valence-electron chi connectivity index (χ4n) is 3.98. The highest BCUT2D eigenvalue weighted by atomic mass is 35.5. The zero-order valence-electron chi connectivity index (χ0n) is 16.4. The van der Waals surface area contributed by atoms with Gasteiger partial charge in [-0.1, -0.05) is 37.8 Å². The Labute approximate surface area is 166 Å². The van der Waals surface area contributed by atoms with Gasteiger partial charge in [0, 0.05) is 29.5 Å². The number of hydrogen-bond acceptors (Lipinski definition) is 3. The minimum atomic E-state index is -0.297. The van der Waals surface area contributed by atoms with Crippen molar-refractivity contribution < 1.29 is 4.79 Å². The maximum atomic E-state index is 12.8. The van der Waals surface area contributed by atoms with E-state index in [1.54, 1.807) is 4.68 Å². The average molecular weight is 389 g/mol. The number of hydrogen-bond donors (Lipinski definition) is 2. The number of anilines is 1. The molecule has 1 aliphatic carbocycles. The topological polar surface area (TPSA) is 59.0 Å². The molecule has 3 rings (SSSR count). The molecule has 2 aromatic rings. The summed E-state index contributed by atoms with van der Waals surface area (Å²) in [5.41, 5.74) is 3.92. The molecule has 0 unspecified atom stereocenters. The Hall–Kier alpha value is -2.01. The molecule has 1 aliphatic rings. The van der Waals surface area contributed by atoms with Gasteiger partial charge in [0.2, 0.25) is 5.91 Å². The van der Waals surface area contributed by atoms with Crippen molar-refractivity contribution in [3.8, 4) is 0 Å². The van der Waals surface area contributed by atoms with Crippen molar-refractivity contribution in [1.29, 1.82) is 0 Å². The molecule has 1 saturated carbocycles. The van der Waals surface area contributed by atoms with Crippen LogP contribution in [0.1, 0.15) is 55.7 Å². The Morgan fingerprint density at radius 3 is 2.67 bits per heavy atom. The Kier molecular flexibility index (Phi) is 6.10. The van der Waals surface area contributed by atoms with Crippen LogP contribution < -0.4 is 10.6 Å². The lowest BCUT2D eigenvalue weighted by molar-refractivity contribution is -0.121. The number of carbonyl (C=O) groups excluding carboxylic acids is 1. The number of nitrogens with one attached hydrogen (secondary N) is 2. The number of amides is 1. The molecule has 1 heterocycles. The van der Waals surface area contributed by atoms with E-state index >= 15 is 0 Å². The third-order valence-corrected chi connectivity index (χ3v) is 5.96. The van der Waals surface area contributed by atoms with E-state index in [0.717, 1.165) is 59.5 Å². The van der Waals surface area contributed by atoms with Gasteiger partial charge in [-0.25, -0.2) is 0 Å². The van der Waals surface area contributed by atoms with Crippen molar-refractivity contribution in [2.24, 2.45) is 7.05 Å². The van der Waals surface area contributed by atoms with Gasteiger partial charge in [0.05, 0.1) is 18.3 Å². The second-order valence-electron chi connectivity index (χ2n) is 7.56. The molecule has 0 atom stereocenters. The Morgan fingerprint density at radius 2 is 2.04 bits per heavy atom. The Balaban J connectivity index is 1.71. The number of halogens is 1. The number of rotatable bonds is 6. The molecule has 27 heavy (non-hydrogen) atoms. The summed E-state index contributed by atoms with van der Waals surface area (Å²) in [4.78, 5) is 12.8. The third kappa shape index (κ3) is 4.46. The van der Waals surface area contributed by atoms with Crippen LogP contribution >= 0.6 is 11.6 Å². The van der Waals surface area contributed by atoms with Crippen molar-refractivity contribution in [1.82, 2.24) is 15.1 Å². The smallest absolute Gasteiger partial charge is 0.239 e. The summed E-state index contributed by atoms with van der Waals surface area (Å²) in [5, 5.41) is 11.7. The summed E-state index contributed by atoms with van der Waals surface area (Å²) in [5.74, 6) is 0.00964. The van der Waals surface area contributed by atoms with Crippen LogP contribution in [-0.4, -0.2) is 22.2 Å². The average Bonchev–Trinajstić information content (AvgIpc) is 3.10. The molecule has 0 bridgehead atoms. The number of benzene rings is 1. The van der Waals surface area contributed by atoms with Gasteiger partial charge < -0.3 is 10.6 Å².